The average molecular weight is 895 g/mol. The smallest absolute Gasteiger partial charge is 0.306 e. The van der Waals surface area contributed by atoms with Crippen LogP contribution >= 0.6 is 0 Å². The molecule has 0 aliphatic carbocycles. The molecule has 0 spiro atoms. The molecule has 0 saturated carbocycles. The van der Waals surface area contributed by atoms with Crippen LogP contribution in [0.25, 0.3) is 0 Å². The van der Waals surface area contributed by atoms with Gasteiger partial charge in [0.25, 0.3) is 0 Å². The highest BCUT2D eigenvalue weighted by Crippen LogP contribution is 2.12. The SMILES string of the molecule is CC/C=C\C/C=C\C/C=C\C/C=C\C/C=C\C/C=C\CCC(=O)OCC(COC(=O)CC/C=C\C/C=C\C/C=C\C/C=C\C/C=C\C/C=C\CC)OC(=O)CCCCCCCCCCC. The first-order valence-electron chi connectivity index (χ1n) is 25.3. The van der Waals surface area contributed by atoms with Gasteiger partial charge in [-0.25, -0.2) is 0 Å². The fraction of sp³-hybridized carbons (Fsp3) is 0.542. The molecule has 0 aromatic carbocycles. The molecule has 0 radical (unpaired) electrons. The third-order valence-corrected chi connectivity index (χ3v) is 9.87. The monoisotopic (exact) mass is 895 g/mol. The van der Waals surface area contributed by atoms with Crippen LogP contribution in [0.15, 0.2) is 146 Å². The van der Waals surface area contributed by atoms with Crippen LogP contribution in [0.4, 0.5) is 0 Å². The van der Waals surface area contributed by atoms with Crippen molar-refractivity contribution in [2.45, 2.75) is 194 Å². The summed E-state index contributed by atoms with van der Waals surface area (Å²) in [5.41, 5.74) is 0. The quantitative estimate of drug-likeness (QED) is 0.0263. The molecule has 6 heteroatoms. The zero-order valence-corrected chi connectivity index (χ0v) is 41.2. The normalized spacial score (nSPS) is 12.9. The van der Waals surface area contributed by atoms with Gasteiger partial charge in [0.1, 0.15) is 13.2 Å². The van der Waals surface area contributed by atoms with Gasteiger partial charge >= 0.3 is 17.9 Å². The molecule has 0 aromatic rings. The van der Waals surface area contributed by atoms with Crippen LogP contribution in [0.2, 0.25) is 0 Å². The Morgan fingerprint density at radius 1 is 0.323 bits per heavy atom. The minimum atomic E-state index is -0.842. The summed E-state index contributed by atoms with van der Waals surface area (Å²) in [6.07, 6.45) is 74.3. The maximum atomic E-state index is 12.7. The summed E-state index contributed by atoms with van der Waals surface area (Å²) in [5.74, 6) is -1.12. The van der Waals surface area contributed by atoms with Crippen molar-refractivity contribution < 1.29 is 28.6 Å². The maximum Gasteiger partial charge on any atom is 0.306 e. The van der Waals surface area contributed by atoms with Crippen molar-refractivity contribution in [1.82, 2.24) is 0 Å². The standard InChI is InChI=1S/C59H90O6/c1-4-7-10-13-16-19-21-23-25-27-29-31-33-35-37-40-42-45-48-51-57(60)63-54-56(65-59(62)53-50-47-44-39-18-15-12-9-6-3)55-64-58(61)52-49-46-43-41-38-36-34-32-30-28-26-24-22-20-17-14-11-8-5-2/h7-8,10-11,16-17,19-20,23-26,29-32,35-38,42-43,45-46,56H,4-6,9,12-15,18,21-22,27-28,33-34,39-41,44,47-55H2,1-3H3/b10-7-,11-8-,19-16-,20-17-,25-23-,26-24-,31-29-,32-30-,37-35-,38-36-,45-42-,46-43-. The Balaban J connectivity index is 4.56. The minimum Gasteiger partial charge on any atom is -0.462 e. The molecule has 0 N–H and O–H groups in total. The van der Waals surface area contributed by atoms with Gasteiger partial charge < -0.3 is 14.2 Å². The second-order valence-electron chi connectivity index (χ2n) is 16.0. The molecule has 0 aliphatic rings. The van der Waals surface area contributed by atoms with Gasteiger partial charge in [-0.05, 0) is 96.3 Å². The fourth-order valence-electron chi connectivity index (χ4n) is 6.14. The molecule has 0 aromatic heterocycles. The van der Waals surface area contributed by atoms with E-state index < -0.39 is 6.10 Å². The number of hydrogen-bond acceptors (Lipinski definition) is 6. The van der Waals surface area contributed by atoms with E-state index in [2.05, 4.69) is 142 Å². The second kappa shape index (κ2) is 51.9. The predicted octanol–water partition coefficient (Wildman–Crippen LogP) is 16.9. The van der Waals surface area contributed by atoms with E-state index in [0.717, 1.165) is 96.3 Å². The van der Waals surface area contributed by atoms with Crippen molar-refractivity contribution in [2.24, 2.45) is 0 Å². The highest BCUT2D eigenvalue weighted by Gasteiger charge is 2.19. The molecule has 65 heavy (non-hydrogen) atoms. The molecule has 0 atom stereocenters. The first kappa shape index (κ1) is 60.3. The number of hydrogen-bond donors (Lipinski definition) is 0. The van der Waals surface area contributed by atoms with Crippen LogP contribution in [0, 0.1) is 0 Å². The van der Waals surface area contributed by atoms with Gasteiger partial charge in [-0.1, -0.05) is 218 Å². The maximum absolute atomic E-state index is 12.7. The third kappa shape index (κ3) is 50.2. The van der Waals surface area contributed by atoms with Crippen LogP contribution in [0.3, 0.4) is 0 Å². The number of esters is 3. The van der Waals surface area contributed by atoms with E-state index in [9.17, 15) is 14.4 Å². The molecule has 0 rings (SSSR count). The van der Waals surface area contributed by atoms with E-state index in [-0.39, 0.29) is 44.0 Å². The molecule has 0 heterocycles. The molecule has 0 unspecified atom stereocenters. The Labute approximate surface area is 397 Å². The summed E-state index contributed by atoms with van der Waals surface area (Å²) in [6, 6.07) is 0. The van der Waals surface area contributed by atoms with Gasteiger partial charge in [0.05, 0.1) is 0 Å². The zero-order chi connectivity index (χ0) is 47.2. The highest BCUT2D eigenvalue weighted by atomic mass is 16.6. The number of carbonyl (C=O) groups excluding carboxylic acids is 3. The van der Waals surface area contributed by atoms with E-state index in [1.54, 1.807) is 0 Å². The van der Waals surface area contributed by atoms with Crippen LogP contribution in [-0.4, -0.2) is 37.2 Å². The molecule has 0 amide bonds. The largest absolute Gasteiger partial charge is 0.462 e. The molecule has 0 fully saturated rings. The van der Waals surface area contributed by atoms with Crippen molar-refractivity contribution in [3.63, 3.8) is 0 Å². The van der Waals surface area contributed by atoms with Crippen LogP contribution in [0.1, 0.15) is 188 Å². The zero-order valence-electron chi connectivity index (χ0n) is 41.2. The van der Waals surface area contributed by atoms with Gasteiger partial charge in [0.2, 0.25) is 0 Å². The van der Waals surface area contributed by atoms with E-state index in [4.69, 9.17) is 14.2 Å². The Kier molecular flexibility index (Phi) is 48.2. The lowest BCUT2D eigenvalue weighted by Crippen LogP contribution is -2.30. The molecular weight excluding hydrogens is 805 g/mol. The lowest BCUT2D eigenvalue weighted by Gasteiger charge is -2.18. The van der Waals surface area contributed by atoms with Crippen LogP contribution < -0.4 is 0 Å². The summed E-state index contributed by atoms with van der Waals surface area (Å²) in [7, 11) is 0. The van der Waals surface area contributed by atoms with Gasteiger partial charge in [-0.3, -0.25) is 14.4 Å². The van der Waals surface area contributed by atoms with Gasteiger partial charge in [0, 0.05) is 19.3 Å². The number of ether oxygens (including phenoxy) is 3. The third-order valence-electron chi connectivity index (χ3n) is 9.87. The van der Waals surface area contributed by atoms with Crippen molar-refractivity contribution in [2.75, 3.05) is 13.2 Å². The number of allylic oxidation sites excluding steroid dienone is 24. The lowest BCUT2D eigenvalue weighted by atomic mass is 10.1. The van der Waals surface area contributed by atoms with Crippen LogP contribution in [0.5, 0.6) is 0 Å². The van der Waals surface area contributed by atoms with Crippen LogP contribution in [-0.2, 0) is 28.6 Å². The van der Waals surface area contributed by atoms with E-state index >= 15 is 0 Å². The summed E-state index contributed by atoms with van der Waals surface area (Å²) >= 11 is 0. The number of unbranched alkanes of at least 4 members (excludes halogenated alkanes) is 8. The van der Waals surface area contributed by atoms with E-state index in [1.807, 2.05) is 24.3 Å². The molecule has 0 bridgehead atoms. The molecule has 0 saturated heterocycles. The Morgan fingerprint density at radius 2 is 0.600 bits per heavy atom. The van der Waals surface area contributed by atoms with Crippen molar-refractivity contribution in [3.8, 4) is 0 Å². The summed E-state index contributed by atoms with van der Waals surface area (Å²) in [5, 5.41) is 0. The number of carbonyl (C=O) groups is 3. The molecule has 6 nitrogen and oxygen atoms in total. The first-order valence-corrected chi connectivity index (χ1v) is 25.3. The average Bonchev–Trinajstić information content (AvgIpc) is 3.30. The highest BCUT2D eigenvalue weighted by molar-refractivity contribution is 5.71. The molecule has 0 aliphatic heterocycles. The predicted molar refractivity (Wildman–Crippen MR) is 279 cm³/mol. The van der Waals surface area contributed by atoms with E-state index in [0.29, 0.717) is 19.3 Å². The fourth-order valence-corrected chi connectivity index (χ4v) is 6.14. The summed E-state index contributed by atoms with van der Waals surface area (Å²) in [6.45, 7) is 6.23. The van der Waals surface area contributed by atoms with Gasteiger partial charge in [-0.15, -0.1) is 0 Å². The topological polar surface area (TPSA) is 78.9 Å². The Bertz CT molecular complexity index is 1400. The summed E-state index contributed by atoms with van der Waals surface area (Å²) in [4.78, 5) is 37.8. The lowest BCUT2D eigenvalue weighted by molar-refractivity contribution is -0.166. The molecule has 362 valence electrons. The molecular formula is C59H90O6. The Morgan fingerprint density at radius 3 is 0.908 bits per heavy atom. The second-order valence-corrected chi connectivity index (χ2v) is 16.0. The first-order chi connectivity index (χ1) is 32.0. The van der Waals surface area contributed by atoms with Crippen molar-refractivity contribution >= 4 is 17.9 Å². The minimum absolute atomic E-state index is 0.146. The van der Waals surface area contributed by atoms with Gasteiger partial charge in [-0.2, -0.15) is 0 Å². The number of rotatable bonds is 43. The Hall–Kier alpha value is -4.71. The van der Waals surface area contributed by atoms with E-state index in [1.165, 1.54) is 38.5 Å². The van der Waals surface area contributed by atoms with Crippen molar-refractivity contribution in [3.05, 3.63) is 146 Å². The van der Waals surface area contributed by atoms with Crippen molar-refractivity contribution in [1.29, 1.82) is 0 Å². The van der Waals surface area contributed by atoms with Gasteiger partial charge in [0.15, 0.2) is 6.10 Å². The summed E-state index contributed by atoms with van der Waals surface area (Å²) < 4.78 is 16.6.